The molecular weight excluding hydrogens is 202 g/mol. The first-order chi connectivity index (χ1) is 7.66. The summed E-state index contributed by atoms with van der Waals surface area (Å²) in [6.45, 7) is 3.80. The molecule has 0 bridgehead atoms. The number of rotatable bonds is 2. The Morgan fingerprint density at radius 2 is 1.94 bits per heavy atom. The van der Waals surface area contributed by atoms with Crippen molar-refractivity contribution in [2.45, 2.75) is 51.1 Å². The maximum Gasteiger partial charge on any atom is 0.317 e. The highest BCUT2D eigenvalue weighted by Gasteiger charge is 2.27. The molecule has 4 heteroatoms. The fourth-order valence-corrected chi connectivity index (χ4v) is 2.45. The van der Waals surface area contributed by atoms with Crippen molar-refractivity contribution in [3.63, 3.8) is 0 Å². The van der Waals surface area contributed by atoms with E-state index in [-0.39, 0.29) is 12.1 Å². The number of hydrogen-bond acceptors (Lipinski definition) is 2. The summed E-state index contributed by atoms with van der Waals surface area (Å²) >= 11 is 0. The molecule has 0 aromatic carbocycles. The van der Waals surface area contributed by atoms with Crippen LogP contribution in [0.3, 0.4) is 0 Å². The maximum atomic E-state index is 11.9. The minimum atomic E-state index is 0.132. The summed E-state index contributed by atoms with van der Waals surface area (Å²) < 4.78 is 0. The number of carbonyl (C=O) groups excluding carboxylic acids is 1. The molecule has 0 aromatic heterocycles. The Bertz CT molecular complexity index is 243. The zero-order valence-electron chi connectivity index (χ0n) is 10.1. The first-order valence-corrected chi connectivity index (χ1v) is 6.48. The Hall–Kier alpha value is -0.770. The number of hydrogen-bond donors (Lipinski definition) is 2. The molecule has 1 atom stereocenters. The van der Waals surface area contributed by atoms with Crippen molar-refractivity contribution in [2.24, 2.45) is 11.7 Å². The van der Waals surface area contributed by atoms with E-state index in [2.05, 4.69) is 12.2 Å². The summed E-state index contributed by atoms with van der Waals surface area (Å²) in [5.41, 5.74) is 5.88. The lowest BCUT2D eigenvalue weighted by Gasteiger charge is -2.36. The number of nitrogens with zero attached hydrogens (tertiary/aromatic N) is 1. The number of amides is 2. The largest absolute Gasteiger partial charge is 0.335 e. The molecule has 2 rings (SSSR count). The second-order valence-corrected chi connectivity index (χ2v) is 5.26. The van der Waals surface area contributed by atoms with Gasteiger partial charge in [-0.25, -0.2) is 4.79 Å². The molecule has 1 heterocycles. The van der Waals surface area contributed by atoms with Gasteiger partial charge in [0.05, 0.1) is 0 Å². The fraction of sp³-hybridized carbons (Fsp3) is 0.917. The Balaban J connectivity index is 1.72. The summed E-state index contributed by atoms with van der Waals surface area (Å²) in [5, 5.41) is 3.09. The molecule has 0 spiro atoms. The van der Waals surface area contributed by atoms with Gasteiger partial charge in [0.15, 0.2) is 0 Å². The summed E-state index contributed by atoms with van der Waals surface area (Å²) in [6.07, 6.45) is 5.67. The van der Waals surface area contributed by atoms with E-state index in [1.54, 1.807) is 0 Å². The van der Waals surface area contributed by atoms with Crippen LogP contribution in [-0.4, -0.2) is 36.1 Å². The van der Waals surface area contributed by atoms with E-state index in [4.69, 9.17) is 5.73 Å². The average Bonchev–Trinajstić information content (AvgIpc) is 2.23. The molecule has 2 aliphatic rings. The highest BCUT2D eigenvalue weighted by molar-refractivity contribution is 5.74. The highest BCUT2D eigenvalue weighted by Crippen LogP contribution is 2.21. The zero-order chi connectivity index (χ0) is 11.5. The van der Waals surface area contributed by atoms with E-state index < -0.39 is 0 Å². The molecule has 0 radical (unpaired) electrons. The predicted octanol–water partition coefficient (Wildman–Crippen LogP) is 1.31. The van der Waals surface area contributed by atoms with Crippen LogP contribution in [-0.2, 0) is 0 Å². The quantitative estimate of drug-likeness (QED) is 0.744. The van der Waals surface area contributed by atoms with Crippen molar-refractivity contribution in [3.05, 3.63) is 0 Å². The van der Waals surface area contributed by atoms with Crippen LogP contribution in [0.1, 0.15) is 39.0 Å². The summed E-state index contributed by atoms with van der Waals surface area (Å²) in [7, 11) is 0. The zero-order valence-corrected chi connectivity index (χ0v) is 10.1. The highest BCUT2D eigenvalue weighted by atomic mass is 16.2. The van der Waals surface area contributed by atoms with Gasteiger partial charge >= 0.3 is 6.03 Å². The number of nitrogens with two attached hydrogens (primary N) is 1. The minimum Gasteiger partial charge on any atom is -0.335 e. The lowest BCUT2D eigenvalue weighted by molar-refractivity contribution is 0.156. The van der Waals surface area contributed by atoms with E-state index in [0.717, 1.165) is 38.8 Å². The Morgan fingerprint density at radius 3 is 2.38 bits per heavy atom. The van der Waals surface area contributed by atoms with Gasteiger partial charge in [-0.15, -0.1) is 0 Å². The van der Waals surface area contributed by atoms with Gasteiger partial charge in [-0.1, -0.05) is 0 Å². The Labute approximate surface area is 97.6 Å². The number of piperidine rings is 1. The van der Waals surface area contributed by atoms with Gasteiger partial charge in [0.25, 0.3) is 0 Å². The molecule has 1 aliphatic carbocycles. The normalized spacial score (nSPS) is 25.0. The third-order valence-electron chi connectivity index (χ3n) is 4.00. The van der Waals surface area contributed by atoms with Crippen molar-refractivity contribution in [1.82, 2.24) is 10.2 Å². The molecule has 2 fully saturated rings. The van der Waals surface area contributed by atoms with Crippen LogP contribution in [0, 0.1) is 5.92 Å². The molecular formula is C12H23N3O. The maximum absolute atomic E-state index is 11.9. The first kappa shape index (κ1) is 11.7. The van der Waals surface area contributed by atoms with Gasteiger partial charge in [-0.3, -0.25) is 0 Å². The average molecular weight is 225 g/mol. The SMILES string of the molecule is CC(N)C1CCN(C(=O)NC2CCC2)CC1. The monoisotopic (exact) mass is 225 g/mol. The first-order valence-electron chi connectivity index (χ1n) is 6.48. The molecule has 0 aromatic rings. The molecule has 4 nitrogen and oxygen atoms in total. The fourth-order valence-electron chi connectivity index (χ4n) is 2.45. The Morgan fingerprint density at radius 1 is 1.31 bits per heavy atom. The van der Waals surface area contributed by atoms with Crippen LogP contribution in [0.2, 0.25) is 0 Å². The summed E-state index contributed by atoms with van der Waals surface area (Å²) in [4.78, 5) is 13.8. The van der Waals surface area contributed by atoms with E-state index in [0.29, 0.717) is 12.0 Å². The Kier molecular flexibility index (Phi) is 3.69. The van der Waals surface area contributed by atoms with Crippen molar-refractivity contribution >= 4 is 6.03 Å². The van der Waals surface area contributed by atoms with E-state index in [9.17, 15) is 4.79 Å². The van der Waals surface area contributed by atoms with Crippen LogP contribution in [0.5, 0.6) is 0 Å². The molecule has 16 heavy (non-hydrogen) atoms. The number of carbonyl (C=O) groups is 1. The minimum absolute atomic E-state index is 0.132. The summed E-state index contributed by atoms with van der Waals surface area (Å²) in [5.74, 6) is 0.591. The van der Waals surface area contributed by atoms with Gasteiger partial charge in [0.1, 0.15) is 0 Å². The topological polar surface area (TPSA) is 58.4 Å². The van der Waals surface area contributed by atoms with Crippen molar-refractivity contribution in [3.8, 4) is 0 Å². The van der Waals surface area contributed by atoms with E-state index in [1.165, 1.54) is 6.42 Å². The molecule has 1 saturated heterocycles. The lowest BCUT2D eigenvalue weighted by Crippen LogP contribution is -2.50. The molecule has 2 amide bonds. The van der Waals surface area contributed by atoms with Crippen molar-refractivity contribution in [2.75, 3.05) is 13.1 Å². The van der Waals surface area contributed by atoms with Crippen LogP contribution < -0.4 is 11.1 Å². The molecule has 3 N–H and O–H groups in total. The number of nitrogens with one attached hydrogen (secondary N) is 1. The standard InChI is InChI=1S/C12H23N3O/c1-9(13)10-5-7-15(8-6-10)12(16)14-11-3-2-4-11/h9-11H,2-8,13H2,1H3,(H,14,16). The van der Waals surface area contributed by atoms with E-state index >= 15 is 0 Å². The molecule has 1 saturated carbocycles. The van der Waals surface area contributed by atoms with Crippen molar-refractivity contribution < 1.29 is 4.79 Å². The van der Waals surface area contributed by atoms with Crippen LogP contribution >= 0.6 is 0 Å². The third kappa shape index (κ3) is 2.67. The smallest absolute Gasteiger partial charge is 0.317 e. The summed E-state index contributed by atoms with van der Waals surface area (Å²) in [6, 6.07) is 0.836. The molecule has 1 unspecified atom stereocenters. The molecule has 1 aliphatic heterocycles. The van der Waals surface area contributed by atoms with Crippen LogP contribution in [0.4, 0.5) is 4.79 Å². The molecule has 92 valence electrons. The van der Waals surface area contributed by atoms with Gasteiger partial charge in [-0.2, -0.15) is 0 Å². The van der Waals surface area contributed by atoms with Gasteiger partial charge in [0.2, 0.25) is 0 Å². The van der Waals surface area contributed by atoms with Crippen LogP contribution in [0.15, 0.2) is 0 Å². The van der Waals surface area contributed by atoms with Gasteiger partial charge in [0, 0.05) is 25.2 Å². The second kappa shape index (κ2) is 5.04. The van der Waals surface area contributed by atoms with E-state index in [1.807, 2.05) is 4.90 Å². The third-order valence-corrected chi connectivity index (χ3v) is 4.00. The number of likely N-dealkylation sites (tertiary alicyclic amines) is 1. The second-order valence-electron chi connectivity index (χ2n) is 5.26. The predicted molar refractivity (Wildman–Crippen MR) is 64.1 cm³/mol. The van der Waals surface area contributed by atoms with Crippen LogP contribution in [0.25, 0.3) is 0 Å². The lowest BCUT2D eigenvalue weighted by atomic mass is 9.91. The van der Waals surface area contributed by atoms with Gasteiger partial charge < -0.3 is 16.0 Å². The number of urea groups is 1. The van der Waals surface area contributed by atoms with Gasteiger partial charge in [-0.05, 0) is 44.9 Å². The van der Waals surface area contributed by atoms with Crippen molar-refractivity contribution in [1.29, 1.82) is 0 Å².